The fourth-order valence-corrected chi connectivity index (χ4v) is 2.18. The van der Waals surface area contributed by atoms with Crippen LogP contribution in [-0.2, 0) is 6.42 Å². The Labute approximate surface area is 97.1 Å². The summed E-state index contributed by atoms with van der Waals surface area (Å²) in [5.41, 5.74) is 1.11. The molecule has 0 saturated carbocycles. The van der Waals surface area contributed by atoms with Gasteiger partial charge in [0.1, 0.15) is 5.82 Å². The number of aliphatic hydroxyl groups excluding tert-OH is 1. The normalized spacial score (nSPS) is 17.2. The van der Waals surface area contributed by atoms with Crippen LogP contribution in [0.3, 0.4) is 0 Å². The van der Waals surface area contributed by atoms with Crippen molar-refractivity contribution in [2.75, 3.05) is 24.6 Å². The third-order valence-electron chi connectivity index (χ3n) is 3.14. The highest BCUT2D eigenvalue weighted by molar-refractivity contribution is 5.39. The van der Waals surface area contributed by atoms with Gasteiger partial charge in [0.15, 0.2) is 0 Å². The smallest absolute Gasteiger partial charge is 0.128 e. The zero-order valence-electron chi connectivity index (χ0n) is 9.73. The second-order valence-corrected chi connectivity index (χ2v) is 4.40. The molecule has 16 heavy (non-hydrogen) atoms. The van der Waals surface area contributed by atoms with E-state index in [0.29, 0.717) is 6.42 Å². The summed E-state index contributed by atoms with van der Waals surface area (Å²) in [6.45, 7) is 2.46. The highest BCUT2D eigenvalue weighted by Gasteiger charge is 2.10. The van der Waals surface area contributed by atoms with Gasteiger partial charge in [-0.1, -0.05) is 18.9 Å². The predicted molar refractivity (Wildman–Crippen MR) is 65.7 cm³/mol. The topological polar surface area (TPSA) is 36.4 Å². The summed E-state index contributed by atoms with van der Waals surface area (Å²) < 4.78 is 0. The Kier molecular flexibility index (Phi) is 4.17. The van der Waals surface area contributed by atoms with Crippen LogP contribution in [0, 0.1) is 0 Å². The molecule has 1 fully saturated rings. The standard InChI is InChI=1S/C13H20N2O/c16-10-7-12-5-6-13(14-11-12)15-8-3-1-2-4-9-15/h5-6,11,16H,1-4,7-10H2. The van der Waals surface area contributed by atoms with Crippen LogP contribution < -0.4 is 4.90 Å². The van der Waals surface area contributed by atoms with Gasteiger partial charge in [0.25, 0.3) is 0 Å². The van der Waals surface area contributed by atoms with E-state index in [0.717, 1.165) is 24.5 Å². The van der Waals surface area contributed by atoms with Crippen molar-refractivity contribution < 1.29 is 5.11 Å². The number of aromatic nitrogens is 1. The fraction of sp³-hybridized carbons (Fsp3) is 0.615. The van der Waals surface area contributed by atoms with Crippen LogP contribution in [-0.4, -0.2) is 29.8 Å². The summed E-state index contributed by atoms with van der Waals surface area (Å²) >= 11 is 0. The summed E-state index contributed by atoms with van der Waals surface area (Å²) in [7, 11) is 0. The van der Waals surface area contributed by atoms with E-state index in [-0.39, 0.29) is 6.61 Å². The number of nitrogens with zero attached hydrogens (tertiary/aromatic N) is 2. The number of aliphatic hydroxyl groups is 1. The van der Waals surface area contributed by atoms with E-state index in [4.69, 9.17) is 5.11 Å². The highest BCUT2D eigenvalue weighted by Crippen LogP contribution is 2.17. The molecule has 3 nitrogen and oxygen atoms in total. The molecule has 1 aromatic rings. The van der Waals surface area contributed by atoms with Gasteiger partial charge in [-0.3, -0.25) is 0 Å². The molecule has 2 heterocycles. The second-order valence-electron chi connectivity index (χ2n) is 4.40. The molecule has 0 aliphatic carbocycles. The Bertz CT molecular complexity index is 302. The van der Waals surface area contributed by atoms with Crippen LogP contribution >= 0.6 is 0 Å². The minimum atomic E-state index is 0.199. The lowest BCUT2D eigenvalue weighted by atomic mass is 10.2. The molecule has 0 aromatic carbocycles. The van der Waals surface area contributed by atoms with Crippen LogP contribution in [0.5, 0.6) is 0 Å². The van der Waals surface area contributed by atoms with Gasteiger partial charge in [-0.15, -0.1) is 0 Å². The van der Waals surface area contributed by atoms with Crippen molar-refractivity contribution in [1.82, 2.24) is 4.98 Å². The molecule has 0 atom stereocenters. The summed E-state index contributed by atoms with van der Waals surface area (Å²) in [6.07, 6.45) is 7.84. The Morgan fingerprint density at radius 1 is 1.12 bits per heavy atom. The molecule has 3 heteroatoms. The molecule has 2 rings (SSSR count). The summed E-state index contributed by atoms with van der Waals surface area (Å²) in [5, 5.41) is 8.84. The first-order valence-corrected chi connectivity index (χ1v) is 6.21. The van der Waals surface area contributed by atoms with Gasteiger partial charge in [0.05, 0.1) is 0 Å². The molecule has 0 amide bonds. The Balaban J connectivity index is 2.01. The zero-order valence-corrected chi connectivity index (χ0v) is 9.73. The number of anilines is 1. The van der Waals surface area contributed by atoms with Gasteiger partial charge in [-0.2, -0.15) is 0 Å². The average Bonchev–Trinajstić information content (AvgIpc) is 2.59. The molecule has 88 valence electrons. The third kappa shape index (κ3) is 2.95. The average molecular weight is 220 g/mol. The van der Waals surface area contributed by atoms with Crippen LogP contribution in [0.25, 0.3) is 0 Å². The molecule has 1 N–H and O–H groups in total. The lowest BCUT2D eigenvalue weighted by Gasteiger charge is -2.21. The first-order valence-electron chi connectivity index (χ1n) is 6.21. The molecular weight excluding hydrogens is 200 g/mol. The highest BCUT2D eigenvalue weighted by atomic mass is 16.2. The van der Waals surface area contributed by atoms with E-state index in [1.807, 2.05) is 6.20 Å². The lowest BCUT2D eigenvalue weighted by Crippen LogP contribution is -2.24. The number of hydrogen-bond acceptors (Lipinski definition) is 3. The quantitative estimate of drug-likeness (QED) is 0.846. The van der Waals surface area contributed by atoms with Gasteiger partial charge in [0, 0.05) is 25.9 Å². The number of rotatable bonds is 3. The predicted octanol–water partition coefficient (Wildman–Crippen LogP) is 2.00. The number of pyridine rings is 1. The zero-order chi connectivity index (χ0) is 11.2. The Morgan fingerprint density at radius 3 is 2.44 bits per heavy atom. The third-order valence-corrected chi connectivity index (χ3v) is 3.14. The largest absolute Gasteiger partial charge is 0.396 e. The van der Waals surface area contributed by atoms with Crippen molar-refractivity contribution >= 4 is 5.82 Å². The molecule has 0 unspecified atom stereocenters. The minimum Gasteiger partial charge on any atom is -0.396 e. The Hall–Kier alpha value is -1.09. The molecule has 1 aliphatic heterocycles. The lowest BCUT2D eigenvalue weighted by molar-refractivity contribution is 0.299. The van der Waals surface area contributed by atoms with E-state index in [2.05, 4.69) is 22.0 Å². The van der Waals surface area contributed by atoms with Crippen LogP contribution in [0.2, 0.25) is 0 Å². The molecule has 1 aromatic heterocycles. The fourth-order valence-electron chi connectivity index (χ4n) is 2.18. The maximum absolute atomic E-state index is 8.84. The van der Waals surface area contributed by atoms with Crippen molar-refractivity contribution in [3.8, 4) is 0 Å². The summed E-state index contributed by atoms with van der Waals surface area (Å²) in [5.74, 6) is 1.09. The second kappa shape index (κ2) is 5.85. The minimum absolute atomic E-state index is 0.199. The van der Waals surface area contributed by atoms with E-state index < -0.39 is 0 Å². The van der Waals surface area contributed by atoms with Gasteiger partial charge in [0.2, 0.25) is 0 Å². The first-order chi connectivity index (χ1) is 7.90. The maximum Gasteiger partial charge on any atom is 0.128 e. The van der Waals surface area contributed by atoms with Gasteiger partial charge >= 0.3 is 0 Å². The van der Waals surface area contributed by atoms with Crippen LogP contribution in [0.1, 0.15) is 31.2 Å². The van der Waals surface area contributed by atoms with Crippen LogP contribution in [0.4, 0.5) is 5.82 Å². The Morgan fingerprint density at radius 2 is 1.88 bits per heavy atom. The van der Waals surface area contributed by atoms with E-state index in [1.54, 1.807) is 0 Å². The van der Waals surface area contributed by atoms with Crippen molar-refractivity contribution in [1.29, 1.82) is 0 Å². The summed E-state index contributed by atoms with van der Waals surface area (Å²) in [6, 6.07) is 4.15. The van der Waals surface area contributed by atoms with E-state index in [9.17, 15) is 0 Å². The van der Waals surface area contributed by atoms with Gasteiger partial charge < -0.3 is 10.0 Å². The maximum atomic E-state index is 8.84. The molecule has 0 spiro atoms. The summed E-state index contributed by atoms with van der Waals surface area (Å²) in [4.78, 5) is 6.85. The SMILES string of the molecule is OCCc1ccc(N2CCCCCC2)nc1. The van der Waals surface area contributed by atoms with Crippen molar-refractivity contribution in [2.45, 2.75) is 32.1 Å². The number of hydrogen-bond donors (Lipinski definition) is 1. The first kappa shape index (κ1) is 11.4. The van der Waals surface area contributed by atoms with Crippen LogP contribution in [0.15, 0.2) is 18.3 Å². The monoisotopic (exact) mass is 220 g/mol. The molecule has 1 saturated heterocycles. The van der Waals surface area contributed by atoms with Crippen molar-refractivity contribution in [3.05, 3.63) is 23.9 Å². The van der Waals surface area contributed by atoms with E-state index >= 15 is 0 Å². The molecule has 1 aliphatic rings. The van der Waals surface area contributed by atoms with Crippen molar-refractivity contribution in [3.63, 3.8) is 0 Å². The molecule has 0 bridgehead atoms. The van der Waals surface area contributed by atoms with E-state index in [1.165, 1.54) is 25.7 Å². The van der Waals surface area contributed by atoms with Gasteiger partial charge in [-0.05, 0) is 30.9 Å². The van der Waals surface area contributed by atoms with Crippen molar-refractivity contribution in [2.24, 2.45) is 0 Å². The molecule has 0 radical (unpaired) electrons. The molecular formula is C13H20N2O. The van der Waals surface area contributed by atoms with Gasteiger partial charge in [-0.25, -0.2) is 4.98 Å².